The smallest absolute Gasteiger partial charge is 0.144 e. The fourth-order valence-electron chi connectivity index (χ4n) is 2.22. The van der Waals surface area contributed by atoms with E-state index >= 15 is 0 Å². The summed E-state index contributed by atoms with van der Waals surface area (Å²) in [5, 5.41) is 1.19. The number of nitrogens with one attached hydrogen (secondary N) is 1. The Morgan fingerprint density at radius 2 is 1.88 bits per heavy atom. The van der Waals surface area contributed by atoms with Crippen molar-refractivity contribution in [3.63, 3.8) is 0 Å². The van der Waals surface area contributed by atoms with Crippen molar-refractivity contribution < 1.29 is 0 Å². The van der Waals surface area contributed by atoms with Crippen LogP contribution < -0.4 is 11.3 Å². The van der Waals surface area contributed by atoms with E-state index in [1.165, 1.54) is 16.5 Å². The number of aryl methyl sites for hydroxylation is 2. The molecule has 2 rings (SSSR count). The van der Waals surface area contributed by atoms with E-state index in [2.05, 4.69) is 56.3 Å². The van der Waals surface area contributed by atoms with Crippen LogP contribution in [0.15, 0.2) is 18.2 Å². The van der Waals surface area contributed by atoms with Gasteiger partial charge in [0.2, 0.25) is 0 Å². The van der Waals surface area contributed by atoms with Crippen LogP contribution in [0, 0.1) is 13.8 Å². The van der Waals surface area contributed by atoms with Crippen molar-refractivity contribution in [3.8, 4) is 0 Å². The van der Waals surface area contributed by atoms with Crippen molar-refractivity contribution >= 4 is 16.7 Å². The van der Waals surface area contributed by atoms with Crippen LogP contribution in [0.5, 0.6) is 0 Å². The molecular formula is C14H19N3. The summed E-state index contributed by atoms with van der Waals surface area (Å²) in [7, 11) is 0. The zero-order valence-corrected chi connectivity index (χ0v) is 10.8. The number of fused-ring (bicyclic) bond motifs is 1. The monoisotopic (exact) mass is 229 g/mol. The summed E-state index contributed by atoms with van der Waals surface area (Å²) in [6, 6.07) is 6.49. The van der Waals surface area contributed by atoms with Gasteiger partial charge in [-0.15, -0.1) is 0 Å². The van der Waals surface area contributed by atoms with Crippen molar-refractivity contribution in [2.24, 2.45) is 5.84 Å². The molecule has 0 atom stereocenters. The molecule has 0 aliphatic heterocycles. The number of nitrogens with zero attached hydrogens (tertiary/aromatic N) is 1. The van der Waals surface area contributed by atoms with Gasteiger partial charge in [-0.05, 0) is 43.0 Å². The summed E-state index contributed by atoms with van der Waals surface area (Å²) in [5.41, 5.74) is 7.33. The van der Waals surface area contributed by atoms with Crippen LogP contribution in [-0.4, -0.2) is 4.98 Å². The summed E-state index contributed by atoms with van der Waals surface area (Å²) >= 11 is 0. The van der Waals surface area contributed by atoms with E-state index in [1.54, 1.807) is 0 Å². The molecule has 3 heteroatoms. The molecule has 0 saturated carbocycles. The number of nitrogens with two attached hydrogens (primary N) is 1. The number of benzene rings is 1. The lowest BCUT2D eigenvalue weighted by Gasteiger charge is -2.14. The molecule has 1 aromatic heterocycles. The molecule has 3 nitrogen and oxygen atoms in total. The second kappa shape index (κ2) is 4.34. The van der Waals surface area contributed by atoms with E-state index in [1.807, 2.05) is 0 Å². The summed E-state index contributed by atoms with van der Waals surface area (Å²) in [6.45, 7) is 8.48. The van der Waals surface area contributed by atoms with Crippen molar-refractivity contribution in [3.05, 3.63) is 34.9 Å². The number of rotatable bonds is 2. The zero-order valence-electron chi connectivity index (χ0n) is 10.8. The van der Waals surface area contributed by atoms with Crippen LogP contribution in [0.3, 0.4) is 0 Å². The van der Waals surface area contributed by atoms with Gasteiger partial charge >= 0.3 is 0 Å². The lowest BCUT2D eigenvalue weighted by Crippen LogP contribution is -2.12. The maximum absolute atomic E-state index is 5.55. The molecule has 17 heavy (non-hydrogen) atoms. The Balaban J connectivity index is 2.78. The van der Waals surface area contributed by atoms with E-state index < -0.39 is 0 Å². The molecule has 2 aromatic rings. The average Bonchev–Trinajstić information content (AvgIpc) is 2.27. The summed E-state index contributed by atoms with van der Waals surface area (Å²) in [4.78, 5) is 4.62. The van der Waals surface area contributed by atoms with E-state index in [0.717, 1.165) is 16.9 Å². The van der Waals surface area contributed by atoms with Crippen LogP contribution >= 0.6 is 0 Å². The second-order valence-corrected chi connectivity index (χ2v) is 4.88. The highest BCUT2D eigenvalue weighted by molar-refractivity contribution is 5.85. The Kier molecular flexibility index (Phi) is 3.03. The fraction of sp³-hybridized carbons (Fsp3) is 0.357. The predicted molar refractivity (Wildman–Crippen MR) is 73.1 cm³/mol. The van der Waals surface area contributed by atoms with Gasteiger partial charge in [0.05, 0.1) is 5.52 Å². The molecule has 0 aliphatic rings. The number of aromatic nitrogens is 1. The molecule has 0 fully saturated rings. The minimum absolute atomic E-state index is 0.402. The largest absolute Gasteiger partial charge is 0.308 e. The van der Waals surface area contributed by atoms with Gasteiger partial charge in [-0.3, -0.25) is 0 Å². The van der Waals surface area contributed by atoms with Gasteiger partial charge in [0.25, 0.3) is 0 Å². The number of anilines is 1. The van der Waals surface area contributed by atoms with Crippen molar-refractivity contribution in [1.29, 1.82) is 0 Å². The van der Waals surface area contributed by atoms with Crippen LogP contribution in [0.4, 0.5) is 5.82 Å². The van der Waals surface area contributed by atoms with Crippen molar-refractivity contribution in [1.82, 2.24) is 4.98 Å². The summed E-state index contributed by atoms with van der Waals surface area (Å²) in [5.74, 6) is 6.73. The Morgan fingerprint density at radius 1 is 1.18 bits per heavy atom. The lowest BCUT2D eigenvalue weighted by atomic mass is 9.99. The van der Waals surface area contributed by atoms with E-state index in [-0.39, 0.29) is 0 Å². The molecule has 90 valence electrons. The third-order valence-corrected chi connectivity index (χ3v) is 3.04. The van der Waals surface area contributed by atoms with E-state index in [0.29, 0.717) is 5.92 Å². The molecule has 0 radical (unpaired) electrons. The first kappa shape index (κ1) is 11.9. The van der Waals surface area contributed by atoms with Crippen LogP contribution in [0.1, 0.15) is 36.5 Å². The fourth-order valence-corrected chi connectivity index (χ4v) is 2.22. The standard InChI is InChI=1S/C14H19N3/c1-8(2)12-7-11-6-9(3)5-10(4)13(11)16-14(12)17-15/h5-8H,15H2,1-4H3,(H,16,17). The number of hydrazine groups is 1. The Bertz CT molecular complexity index is 559. The molecule has 0 bridgehead atoms. The van der Waals surface area contributed by atoms with Gasteiger partial charge in [-0.25, -0.2) is 10.8 Å². The highest BCUT2D eigenvalue weighted by atomic mass is 15.2. The molecule has 0 spiro atoms. The molecule has 0 saturated heterocycles. The topological polar surface area (TPSA) is 50.9 Å². The minimum atomic E-state index is 0.402. The molecular weight excluding hydrogens is 210 g/mol. The maximum Gasteiger partial charge on any atom is 0.144 e. The first-order valence-electron chi connectivity index (χ1n) is 5.91. The van der Waals surface area contributed by atoms with E-state index in [9.17, 15) is 0 Å². The van der Waals surface area contributed by atoms with Crippen LogP contribution in [0.2, 0.25) is 0 Å². The normalized spacial score (nSPS) is 11.2. The first-order chi connectivity index (χ1) is 8.02. The van der Waals surface area contributed by atoms with Crippen LogP contribution in [0.25, 0.3) is 10.9 Å². The minimum Gasteiger partial charge on any atom is -0.308 e. The summed E-state index contributed by atoms with van der Waals surface area (Å²) < 4.78 is 0. The average molecular weight is 229 g/mol. The number of pyridine rings is 1. The van der Waals surface area contributed by atoms with Gasteiger partial charge in [-0.2, -0.15) is 0 Å². The number of nitrogen functional groups attached to an aromatic ring is 1. The van der Waals surface area contributed by atoms with Gasteiger partial charge in [0, 0.05) is 5.39 Å². The summed E-state index contributed by atoms with van der Waals surface area (Å²) in [6.07, 6.45) is 0. The van der Waals surface area contributed by atoms with Gasteiger partial charge in [-0.1, -0.05) is 25.5 Å². The van der Waals surface area contributed by atoms with Crippen LogP contribution in [-0.2, 0) is 0 Å². The van der Waals surface area contributed by atoms with Gasteiger partial charge in [0.1, 0.15) is 5.82 Å². The predicted octanol–water partition coefficient (Wildman–Crippen LogP) is 3.26. The third kappa shape index (κ3) is 2.11. The highest BCUT2D eigenvalue weighted by Gasteiger charge is 2.10. The quantitative estimate of drug-likeness (QED) is 0.614. The molecule has 0 amide bonds. The lowest BCUT2D eigenvalue weighted by molar-refractivity contribution is 0.862. The Hall–Kier alpha value is -1.61. The van der Waals surface area contributed by atoms with Crippen molar-refractivity contribution in [2.45, 2.75) is 33.6 Å². The third-order valence-electron chi connectivity index (χ3n) is 3.04. The Labute approximate surface area is 102 Å². The molecule has 0 aliphatic carbocycles. The molecule has 1 heterocycles. The molecule has 1 aromatic carbocycles. The maximum atomic E-state index is 5.55. The first-order valence-corrected chi connectivity index (χ1v) is 5.91. The number of hydrogen-bond acceptors (Lipinski definition) is 3. The van der Waals surface area contributed by atoms with E-state index in [4.69, 9.17) is 5.84 Å². The Morgan fingerprint density at radius 3 is 2.47 bits per heavy atom. The second-order valence-electron chi connectivity index (χ2n) is 4.88. The highest BCUT2D eigenvalue weighted by Crippen LogP contribution is 2.28. The zero-order chi connectivity index (χ0) is 12.6. The SMILES string of the molecule is Cc1cc(C)c2nc(NN)c(C(C)C)cc2c1. The number of hydrogen-bond donors (Lipinski definition) is 2. The van der Waals surface area contributed by atoms with Crippen molar-refractivity contribution in [2.75, 3.05) is 5.43 Å². The molecule has 3 N–H and O–H groups in total. The molecule has 0 unspecified atom stereocenters. The van der Waals surface area contributed by atoms with Gasteiger partial charge in [0.15, 0.2) is 0 Å². The van der Waals surface area contributed by atoms with Gasteiger partial charge < -0.3 is 5.43 Å².